The second-order valence-corrected chi connectivity index (χ2v) is 7.55. The highest BCUT2D eigenvalue weighted by atomic mass is 16.3. The summed E-state index contributed by atoms with van der Waals surface area (Å²) in [4.78, 5) is 16.5. The lowest BCUT2D eigenvalue weighted by Crippen LogP contribution is -2.29. The van der Waals surface area contributed by atoms with E-state index in [1.165, 1.54) is 64.1 Å². The second kappa shape index (κ2) is 12.9. The third-order valence-electron chi connectivity index (χ3n) is 5.22. The average Bonchev–Trinajstić information content (AvgIpc) is 3.17. The fourth-order valence-corrected chi connectivity index (χ4v) is 3.55. The van der Waals surface area contributed by atoms with Crippen LogP contribution in [0, 0.1) is 0 Å². The van der Waals surface area contributed by atoms with Gasteiger partial charge in [-0.1, -0.05) is 64.7 Å². The van der Waals surface area contributed by atoms with E-state index in [0.29, 0.717) is 17.5 Å². The van der Waals surface area contributed by atoms with E-state index in [1.54, 1.807) is 0 Å². The Labute approximate surface area is 158 Å². The van der Waals surface area contributed by atoms with Crippen molar-refractivity contribution in [2.24, 2.45) is 0 Å². The zero-order valence-corrected chi connectivity index (χ0v) is 16.5. The highest BCUT2D eigenvalue weighted by molar-refractivity contribution is 5.91. The number of nitrogens with one attached hydrogen (secondary N) is 2. The topological polar surface area (TPSA) is 67.2 Å². The lowest BCUT2D eigenvalue weighted by molar-refractivity contribution is 0.0948. The Balaban J connectivity index is 1.49. The molecule has 1 aromatic heterocycles. The summed E-state index contributed by atoms with van der Waals surface area (Å²) in [7, 11) is 0. The van der Waals surface area contributed by atoms with E-state index in [0.717, 1.165) is 38.9 Å². The summed E-state index contributed by atoms with van der Waals surface area (Å²) in [6.45, 7) is 4.93. The molecule has 1 saturated heterocycles. The van der Waals surface area contributed by atoms with E-state index in [-0.39, 0.29) is 5.91 Å². The van der Waals surface area contributed by atoms with E-state index >= 15 is 0 Å². The summed E-state index contributed by atoms with van der Waals surface area (Å²) in [6, 6.07) is 0. The van der Waals surface area contributed by atoms with Gasteiger partial charge in [-0.3, -0.25) is 4.79 Å². The summed E-state index contributed by atoms with van der Waals surface area (Å²) < 4.78 is 5.52. The van der Waals surface area contributed by atoms with Gasteiger partial charge in [0.15, 0.2) is 11.6 Å². The molecule has 5 nitrogen and oxygen atoms in total. The molecule has 0 radical (unpaired) electrons. The van der Waals surface area contributed by atoms with Crippen LogP contribution in [-0.4, -0.2) is 30.5 Å². The molecule has 2 rings (SSSR count). The van der Waals surface area contributed by atoms with Crippen LogP contribution in [0.25, 0.3) is 0 Å². The van der Waals surface area contributed by atoms with Gasteiger partial charge in [0.25, 0.3) is 5.91 Å². The summed E-state index contributed by atoms with van der Waals surface area (Å²) >= 11 is 0. The third kappa shape index (κ3) is 7.90. The van der Waals surface area contributed by atoms with Crippen molar-refractivity contribution in [3.05, 3.63) is 17.8 Å². The van der Waals surface area contributed by atoms with Crippen molar-refractivity contribution in [2.75, 3.05) is 19.6 Å². The van der Waals surface area contributed by atoms with Gasteiger partial charge >= 0.3 is 0 Å². The second-order valence-electron chi connectivity index (χ2n) is 7.55. The molecule has 5 heteroatoms. The van der Waals surface area contributed by atoms with Gasteiger partial charge in [0.1, 0.15) is 6.26 Å². The van der Waals surface area contributed by atoms with Crippen molar-refractivity contribution < 1.29 is 9.21 Å². The standard InChI is InChI=1S/C21H37N3O2/c1-2-3-4-5-6-7-8-9-10-11-15-23-20(25)19-17-26-21(24-19)18-13-12-14-22-16-18/h17-18,22H,2-16H2,1H3,(H,23,25). The van der Waals surface area contributed by atoms with Crippen molar-refractivity contribution in [2.45, 2.75) is 89.9 Å². The van der Waals surface area contributed by atoms with Crippen LogP contribution in [-0.2, 0) is 0 Å². The van der Waals surface area contributed by atoms with E-state index < -0.39 is 0 Å². The quantitative estimate of drug-likeness (QED) is 0.494. The molecule has 0 spiro atoms. The van der Waals surface area contributed by atoms with Gasteiger partial charge in [-0.25, -0.2) is 4.98 Å². The predicted molar refractivity (Wildman–Crippen MR) is 106 cm³/mol. The van der Waals surface area contributed by atoms with Gasteiger partial charge in [0, 0.05) is 19.0 Å². The SMILES string of the molecule is CCCCCCCCCCCCNC(=O)c1coc(C2CCCNC2)n1. The minimum Gasteiger partial charge on any atom is -0.448 e. The van der Waals surface area contributed by atoms with E-state index in [9.17, 15) is 4.79 Å². The minimum atomic E-state index is -0.111. The number of amides is 1. The molecule has 1 aromatic rings. The Kier molecular flexibility index (Phi) is 10.4. The fraction of sp³-hybridized carbons (Fsp3) is 0.810. The monoisotopic (exact) mass is 363 g/mol. The van der Waals surface area contributed by atoms with Crippen LogP contribution >= 0.6 is 0 Å². The lowest BCUT2D eigenvalue weighted by atomic mass is 10.00. The highest BCUT2D eigenvalue weighted by Crippen LogP contribution is 2.22. The van der Waals surface area contributed by atoms with Gasteiger partial charge in [0.05, 0.1) is 0 Å². The molecular formula is C21H37N3O2. The van der Waals surface area contributed by atoms with Crippen molar-refractivity contribution in [1.29, 1.82) is 0 Å². The first kappa shape index (κ1) is 20.9. The molecule has 1 aliphatic rings. The summed E-state index contributed by atoms with van der Waals surface area (Å²) in [5.41, 5.74) is 0.414. The van der Waals surface area contributed by atoms with Crippen LogP contribution in [0.1, 0.15) is 106 Å². The largest absolute Gasteiger partial charge is 0.448 e. The van der Waals surface area contributed by atoms with Crippen molar-refractivity contribution in [3.8, 4) is 0 Å². The Bertz CT molecular complexity index is 495. The molecule has 1 amide bonds. The van der Waals surface area contributed by atoms with E-state index in [2.05, 4.69) is 22.5 Å². The maximum absolute atomic E-state index is 12.2. The number of piperidine rings is 1. The van der Waals surface area contributed by atoms with Crippen molar-refractivity contribution in [3.63, 3.8) is 0 Å². The molecule has 2 N–H and O–H groups in total. The smallest absolute Gasteiger partial charge is 0.273 e. The first-order valence-electron chi connectivity index (χ1n) is 10.8. The highest BCUT2D eigenvalue weighted by Gasteiger charge is 2.21. The zero-order chi connectivity index (χ0) is 18.5. The lowest BCUT2D eigenvalue weighted by Gasteiger charge is -2.19. The van der Waals surface area contributed by atoms with E-state index in [1.807, 2.05) is 0 Å². The molecule has 0 bridgehead atoms. The molecule has 2 heterocycles. The fourth-order valence-electron chi connectivity index (χ4n) is 3.55. The number of rotatable bonds is 13. The van der Waals surface area contributed by atoms with Gasteiger partial charge in [0.2, 0.25) is 0 Å². The Morgan fingerprint density at radius 3 is 2.50 bits per heavy atom. The molecule has 1 fully saturated rings. The number of carbonyl (C=O) groups excluding carboxylic acids is 1. The summed E-state index contributed by atoms with van der Waals surface area (Å²) in [5, 5.41) is 6.31. The number of hydrogen-bond donors (Lipinski definition) is 2. The van der Waals surface area contributed by atoms with Crippen LogP contribution in [0.5, 0.6) is 0 Å². The van der Waals surface area contributed by atoms with Crippen LogP contribution in [0.15, 0.2) is 10.7 Å². The van der Waals surface area contributed by atoms with Gasteiger partial charge in [-0.15, -0.1) is 0 Å². The third-order valence-corrected chi connectivity index (χ3v) is 5.22. The maximum Gasteiger partial charge on any atom is 0.273 e. The number of aromatic nitrogens is 1. The van der Waals surface area contributed by atoms with E-state index in [4.69, 9.17) is 4.42 Å². The first-order chi connectivity index (χ1) is 12.8. The zero-order valence-electron chi connectivity index (χ0n) is 16.5. The molecule has 0 aromatic carbocycles. The van der Waals surface area contributed by atoms with Crippen molar-refractivity contribution in [1.82, 2.24) is 15.6 Å². The summed E-state index contributed by atoms with van der Waals surface area (Å²) in [6.07, 6.45) is 16.7. The van der Waals surface area contributed by atoms with Gasteiger partial charge in [-0.2, -0.15) is 0 Å². The normalized spacial score (nSPS) is 17.3. The summed E-state index contributed by atoms with van der Waals surface area (Å²) in [5.74, 6) is 0.883. The Morgan fingerprint density at radius 2 is 1.85 bits per heavy atom. The molecule has 148 valence electrons. The van der Waals surface area contributed by atoms with Crippen molar-refractivity contribution >= 4 is 5.91 Å². The predicted octanol–water partition coefficient (Wildman–Crippen LogP) is 4.79. The Hall–Kier alpha value is -1.36. The Morgan fingerprint density at radius 1 is 1.15 bits per heavy atom. The molecule has 1 unspecified atom stereocenters. The molecule has 1 aliphatic heterocycles. The molecule has 1 atom stereocenters. The minimum absolute atomic E-state index is 0.111. The number of hydrogen-bond acceptors (Lipinski definition) is 4. The number of unbranched alkanes of at least 4 members (excludes halogenated alkanes) is 9. The van der Waals surface area contributed by atoms with Crippen LogP contribution in [0.4, 0.5) is 0 Å². The molecule has 0 aliphatic carbocycles. The maximum atomic E-state index is 12.2. The number of carbonyl (C=O) groups is 1. The number of nitrogens with zero attached hydrogens (tertiary/aromatic N) is 1. The first-order valence-corrected chi connectivity index (χ1v) is 10.8. The number of oxazole rings is 1. The molecule has 26 heavy (non-hydrogen) atoms. The average molecular weight is 364 g/mol. The molecular weight excluding hydrogens is 326 g/mol. The van der Waals surface area contributed by atoms with Gasteiger partial charge in [-0.05, 0) is 25.8 Å². The van der Waals surface area contributed by atoms with Crippen LogP contribution in [0.3, 0.4) is 0 Å². The van der Waals surface area contributed by atoms with Crippen LogP contribution < -0.4 is 10.6 Å². The van der Waals surface area contributed by atoms with Gasteiger partial charge < -0.3 is 15.1 Å². The molecule has 0 saturated carbocycles. The van der Waals surface area contributed by atoms with Crippen LogP contribution in [0.2, 0.25) is 0 Å².